The van der Waals surface area contributed by atoms with Gasteiger partial charge in [-0.3, -0.25) is 14.9 Å². The quantitative estimate of drug-likeness (QED) is 0.249. The molecular formula is C5H8N4O3. The van der Waals surface area contributed by atoms with Crippen LogP contribution in [0.25, 0.3) is 0 Å². The molecule has 0 rings (SSSR count). The van der Waals surface area contributed by atoms with Crippen molar-refractivity contribution in [3.8, 4) is 0 Å². The third-order valence-electron chi connectivity index (χ3n) is 0.738. The van der Waals surface area contributed by atoms with Gasteiger partial charge in [-0.15, -0.1) is 0 Å². The molecule has 0 radical (unpaired) electrons. The Morgan fingerprint density at radius 2 is 1.92 bits per heavy atom. The maximum atomic E-state index is 10.6. The van der Waals surface area contributed by atoms with E-state index in [0.717, 1.165) is 0 Å². The molecule has 12 heavy (non-hydrogen) atoms. The zero-order chi connectivity index (χ0) is 9.56. The van der Waals surface area contributed by atoms with E-state index in [1.807, 2.05) is 5.43 Å². The number of carbonyl (C=O) groups is 3. The first-order chi connectivity index (χ1) is 5.57. The molecule has 0 aliphatic heterocycles. The average molecular weight is 172 g/mol. The molecule has 0 spiro atoms. The molecule has 66 valence electrons. The molecule has 0 saturated heterocycles. The Hall–Kier alpha value is -1.92. The summed E-state index contributed by atoms with van der Waals surface area (Å²) < 4.78 is 0. The van der Waals surface area contributed by atoms with Crippen LogP contribution in [-0.2, 0) is 9.59 Å². The summed E-state index contributed by atoms with van der Waals surface area (Å²) in [5.41, 5.74) is 6.42. The molecule has 0 aromatic carbocycles. The first-order valence-electron chi connectivity index (χ1n) is 2.96. The van der Waals surface area contributed by atoms with Crippen LogP contribution in [0.4, 0.5) is 4.79 Å². The summed E-state index contributed by atoms with van der Waals surface area (Å²) >= 11 is 0. The van der Waals surface area contributed by atoms with Crippen molar-refractivity contribution in [2.24, 2.45) is 10.8 Å². The second-order valence-corrected chi connectivity index (χ2v) is 1.65. The number of nitrogens with zero attached hydrogens (tertiary/aromatic N) is 1. The Balaban J connectivity index is 3.94. The number of hydrogen-bond acceptors (Lipinski definition) is 4. The number of urea groups is 1. The monoisotopic (exact) mass is 172 g/mol. The number of hydrazone groups is 1. The van der Waals surface area contributed by atoms with Crippen molar-refractivity contribution in [1.82, 2.24) is 10.7 Å². The summed E-state index contributed by atoms with van der Waals surface area (Å²) in [5.74, 6) is -2.19. The van der Waals surface area contributed by atoms with Crippen molar-refractivity contribution in [2.75, 3.05) is 0 Å². The lowest BCUT2D eigenvalue weighted by Crippen LogP contribution is -2.43. The van der Waals surface area contributed by atoms with Crippen molar-refractivity contribution < 1.29 is 14.4 Å². The summed E-state index contributed by atoms with van der Waals surface area (Å²) in [6.07, 6.45) is 1.27. The first-order valence-corrected chi connectivity index (χ1v) is 2.96. The molecule has 7 nitrogen and oxygen atoms in total. The number of imide groups is 1. The molecule has 0 aromatic rings. The van der Waals surface area contributed by atoms with E-state index in [-0.39, 0.29) is 0 Å². The van der Waals surface area contributed by atoms with Gasteiger partial charge in [0.2, 0.25) is 0 Å². The van der Waals surface area contributed by atoms with Crippen molar-refractivity contribution in [1.29, 1.82) is 0 Å². The molecule has 0 aliphatic carbocycles. The highest BCUT2D eigenvalue weighted by Gasteiger charge is 2.13. The summed E-state index contributed by atoms with van der Waals surface area (Å²) in [5, 5.41) is 4.83. The van der Waals surface area contributed by atoms with E-state index >= 15 is 0 Å². The molecule has 0 unspecified atom stereocenters. The Labute approximate surface area is 68.0 Å². The lowest BCUT2D eigenvalue weighted by atomic mass is 10.6. The minimum Gasteiger partial charge on any atom is -0.351 e. The predicted octanol–water partition coefficient (Wildman–Crippen LogP) is -1.70. The Kier molecular flexibility index (Phi) is 4.06. The number of nitrogens with one attached hydrogen (secondary N) is 2. The van der Waals surface area contributed by atoms with Crippen LogP contribution in [0.3, 0.4) is 0 Å². The molecule has 0 fully saturated rings. The van der Waals surface area contributed by atoms with Crippen LogP contribution in [0, 0.1) is 0 Å². The molecule has 0 heterocycles. The third kappa shape index (κ3) is 3.99. The van der Waals surface area contributed by atoms with Crippen molar-refractivity contribution >= 4 is 24.1 Å². The summed E-state index contributed by atoms with van der Waals surface area (Å²) in [7, 11) is 0. The topological polar surface area (TPSA) is 114 Å². The smallest absolute Gasteiger partial charge is 0.329 e. The first kappa shape index (κ1) is 10.1. The number of nitrogens with two attached hydrogens (primary N) is 1. The van der Waals surface area contributed by atoms with Gasteiger partial charge in [-0.25, -0.2) is 10.2 Å². The lowest BCUT2D eigenvalue weighted by Gasteiger charge is -1.97. The highest BCUT2D eigenvalue weighted by Crippen LogP contribution is 1.67. The van der Waals surface area contributed by atoms with Gasteiger partial charge < -0.3 is 5.73 Å². The number of rotatable bonds is 1. The van der Waals surface area contributed by atoms with Crippen LogP contribution in [0.2, 0.25) is 0 Å². The zero-order valence-electron chi connectivity index (χ0n) is 6.33. The van der Waals surface area contributed by atoms with Gasteiger partial charge >= 0.3 is 17.8 Å². The second-order valence-electron chi connectivity index (χ2n) is 1.65. The second kappa shape index (κ2) is 4.83. The lowest BCUT2D eigenvalue weighted by molar-refractivity contribution is -0.138. The molecule has 0 aliphatic rings. The van der Waals surface area contributed by atoms with Crippen LogP contribution in [-0.4, -0.2) is 24.1 Å². The van der Waals surface area contributed by atoms with Crippen LogP contribution < -0.4 is 16.5 Å². The minimum atomic E-state index is -1.15. The van der Waals surface area contributed by atoms with Gasteiger partial charge in [0.05, 0.1) is 0 Å². The molecule has 0 atom stereocenters. The van der Waals surface area contributed by atoms with E-state index in [1.165, 1.54) is 6.21 Å². The SMILES string of the molecule is C/C=N/NC(=O)C(=O)NC(N)=O. The van der Waals surface area contributed by atoms with Crippen molar-refractivity contribution in [2.45, 2.75) is 6.92 Å². The standard InChI is InChI=1S/C5H8N4O3/c1-2-7-9-4(11)3(10)8-5(6)12/h2H,1H3,(H,9,11)(H3,6,8,10,12)/b7-2+. The molecule has 0 saturated carbocycles. The summed E-state index contributed by atoms with van der Waals surface area (Å²) in [4.78, 5) is 31.2. The fraction of sp³-hybridized carbons (Fsp3) is 0.200. The maximum absolute atomic E-state index is 10.6. The van der Waals surface area contributed by atoms with Gasteiger partial charge in [0.15, 0.2) is 0 Å². The van der Waals surface area contributed by atoms with E-state index in [0.29, 0.717) is 0 Å². The van der Waals surface area contributed by atoms with Crippen molar-refractivity contribution in [3.05, 3.63) is 0 Å². The van der Waals surface area contributed by atoms with Crippen LogP contribution in [0.1, 0.15) is 6.92 Å². The predicted molar refractivity (Wildman–Crippen MR) is 40.0 cm³/mol. The highest BCUT2D eigenvalue weighted by molar-refractivity contribution is 6.37. The Bertz CT molecular complexity index is 235. The fourth-order valence-electron chi connectivity index (χ4n) is 0.343. The molecule has 4 N–H and O–H groups in total. The van der Waals surface area contributed by atoms with Crippen molar-refractivity contribution in [3.63, 3.8) is 0 Å². The van der Waals surface area contributed by atoms with Crippen LogP contribution in [0.5, 0.6) is 0 Å². The highest BCUT2D eigenvalue weighted by atomic mass is 16.2. The number of primary amides is 1. The van der Waals surface area contributed by atoms with Gasteiger partial charge in [-0.05, 0) is 6.92 Å². The van der Waals surface area contributed by atoms with E-state index in [2.05, 4.69) is 10.8 Å². The Morgan fingerprint density at radius 1 is 1.33 bits per heavy atom. The molecule has 4 amide bonds. The third-order valence-corrected chi connectivity index (χ3v) is 0.738. The zero-order valence-corrected chi connectivity index (χ0v) is 6.33. The summed E-state index contributed by atoms with van der Waals surface area (Å²) in [6, 6.07) is -1.09. The van der Waals surface area contributed by atoms with Gasteiger partial charge in [0, 0.05) is 6.21 Å². The minimum absolute atomic E-state index is 1.05. The normalized spacial score (nSPS) is 9.42. The molecule has 7 heteroatoms. The van der Waals surface area contributed by atoms with Crippen LogP contribution >= 0.6 is 0 Å². The number of hydrogen-bond donors (Lipinski definition) is 3. The van der Waals surface area contributed by atoms with E-state index in [4.69, 9.17) is 0 Å². The number of amides is 4. The largest absolute Gasteiger partial charge is 0.351 e. The van der Waals surface area contributed by atoms with E-state index < -0.39 is 17.8 Å². The van der Waals surface area contributed by atoms with E-state index in [1.54, 1.807) is 12.2 Å². The molecule has 0 aromatic heterocycles. The Morgan fingerprint density at radius 3 is 2.33 bits per heavy atom. The van der Waals surface area contributed by atoms with Gasteiger partial charge in [-0.1, -0.05) is 0 Å². The van der Waals surface area contributed by atoms with E-state index in [9.17, 15) is 14.4 Å². The van der Waals surface area contributed by atoms with Gasteiger partial charge in [0.25, 0.3) is 0 Å². The van der Waals surface area contributed by atoms with Gasteiger partial charge in [-0.2, -0.15) is 5.10 Å². The summed E-state index contributed by atoms with van der Waals surface area (Å²) in [6.45, 7) is 1.55. The van der Waals surface area contributed by atoms with Gasteiger partial charge in [0.1, 0.15) is 0 Å². The number of carbonyl (C=O) groups excluding carboxylic acids is 3. The average Bonchev–Trinajstić information content (AvgIpc) is 1.98. The van der Waals surface area contributed by atoms with Crippen LogP contribution in [0.15, 0.2) is 5.10 Å². The maximum Gasteiger partial charge on any atom is 0.329 e. The molecular weight excluding hydrogens is 164 g/mol. The fourth-order valence-corrected chi connectivity index (χ4v) is 0.343. The molecule has 0 bridgehead atoms.